The molecule has 0 unspecified atom stereocenters. The van der Waals surface area contributed by atoms with Gasteiger partial charge in [-0.3, -0.25) is 5.43 Å². The fraction of sp³-hybridized carbons (Fsp3) is 0.857. The average molecular weight is 195 g/mol. The van der Waals surface area contributed by atoms with Gasteiger partial charge in [-0.15, -0.1) is 0 Å². The zero-order valence-corrected chi connectivity index (χ0v) is 7.99. The first-order valence-electron chi connectivity index (χ1n) is 4.02. The molecule has 4 nitrogen and oxygen atoms in total. The van der Waals surface area contributed by atoms with Gasteiger partial charge in [-0.05, 0) is 6.42 Å². The quantitative estimate of drug-likeness (QED) is 0.384. The van der Waals surface area contributed by atoms with E-state index in [-0.39, 0.29) is 6.07 Å². The van der Waals surface area contributed by atoms with Crippen molar-refractivity contribution in [3.8, 4) is 0 Å². The van der Waals surface area contributed by atoms with E-state index in [0.717, 1.165) is 25.8 Å². The maximum Gasteiger partial charge on any atom is 0.422 e. The van der Waals surface area contributed by atoms with Gasteiger partial charge < -0.3 is 4.74 Å². The molecule has 0 radical (unpaired) electrons. The van der Waals surface area contributed by atoms with Gasteiger partial charge in [0.2, 0.25) is 0 Å². The highest BCUT2D eigenvalue weighted by molar-refractivity contribution is 6.17. The first-order valence-corrected chi connectivity index (χ1v) is 4.56. The van der Waals surface area contributed by atoms with Crippen LogP contribution in [0.3, 0.4) is 0 Å². The molecule has 0 fully saturated rings. The first kappa shape index (κ1) is 11.5. The average Bonchev–Trinajstić information content (AvgIpc) is 2.05. The van der Waals surface area contributed by atoms with Crippen molar-refractivity contribution < 1.29 is 9.53 Å². The fourth-order valence-corrected chi connectivity index (χ4v) is 0.783. The summed E-state index contributed by atoms with van der Waals surface area (Å²) in [6, 6.07) is -0.123. The third-order valence-electron chi connectivity index (χ3n) is 1.28. The van der Waals surface area contributed by atoms with E-state index < -0.39 is 6.09 Å². The maximum absolute atomic E-state index is 10.6. The molecule has 72 valence electrons. The Kier molecular flexibility index (Phi) is 8.27. The molecule has 0 saturated carbocycles. The van der Waals surface area contributed by atoms with Gasteiger partial charge >= 0.3 is 6.09 Å². The minimum absolute atomic E-state index is 0.123. The lowest BCUT2D eigenvalue weighted by atomic mass is 10.3. The number of halogens is 1. The molecule has 0 aliphatic heterocycles. The van der Waals surface area contributed by atoms with Crippen molar-refractivity contribution in [3.63, 3.8) is 0 Å². The molecule has 0 heterocycles. The number of rotatable bonds is 6. The van der Waals surface area contributed by atoms with E-state index in [9.17, 15) is 4.79 Å². The van der Waals surface area contributed by atoms with Crippen LogP contribution in [0.4, 0.5) is 4.79 Å². The van der Waals surface area contributed by atoms with Gasteiger partial charge in [0.25, 0.3) is 0 Å². The molecule has 2 N–H and O–H groups in total. The molecular formula is C7H15ClN2O2. The molecule has 0 aliphatic rings. The van der Waals surface area contributed by atoms with Gasteiger partial charge in [-0.25, -0.2) is 10.2 Å². The van der Waals surface area contributed by atoms with Crippen molar-refractivity contribution in [1.82, 2.24) is 10.9 Å². The molecule has 0 aromatic carbocycles. The van der Waals surface area contributed by atoms with Crippen molar-refractivity contribution in [3.05, 3.63) is 0 Å². The topological polar surface area (TPSA) is 50.4 Å². The molecule has 12 heavy (non-hydrogen) atoms. The van der Waals surface area contributed by atoms with Crippen LogP contribution in [0.25, 0.3) is 0 Å². The highest BCUT2D eigenvalue weighted by Crippen LogP contribution is 1.90. The van der Waals surface area contributed by atoms with Crippen molar-refractivity contribution in [2.75, 3.05) is 12.6 Å². The number of hydrogen-bond donors (Lipinski definition) is 2. The summed E-state index contributed by atoms with van der Waals surface area (Å²) in [6.45, 7) is 2.88. The Morgan fingerprint density at radius 2 is 2.25 bits per heavy atom. The summed E-state index contributed by atoms with van der Waals surface area (Å²) >= 11 is 5.15. The SMILES string of the molecule is CCCCCNNC(=O)OCCl. The number of amides is 1. The van der Waals surface area contributed by atoms with Crippen LogP contribution in [0.15, 0.2) is 0 Å². The predicted octanol–water partition coefficient (Wildman–Crippen LogP) is 1.60. The van der Waals surface area contributed by atoms with Crippen molar-refractivity contribution in [2.24, 2.45) is 0 Å². The fourth-order valence-electron chi connectivity index (χ4n) is 0.684. The Bertz CT molecular complexity index is 122. The van der Waals surface area contributed by atoms with E-state index in [1.165, 1.54) is 0 Å². The Morgan fingerprint density at radius 1 is 1.50 bits per heavy atom. The molecule has 5 heteroatoms. The van der Waals surface area contributed by atoms with Gasteiger partial charge in [-0.2, -0.15) is 0 Å². The van der Waals surface area contributed by atoms with Gasteiger partial charge in [0.15, 0.2) is 6.07 Å². The summed E-state index contributed by atoms with van der Waals surface area (Å²) in [6.07, 6.45) is 2.81. The van der Waals surface area contributed by atoms with Crippen LogP contribution in [0, 0.1) is 0 Å². The van der Waals surface area contributed by atoms with Gasteiger partial charge in [0.05, 0.1) is 0 Å². The first-order chi connectivity index (χ1) is 5.81. The lowest BCUT2D eigenvalue weighted by Gasteiger charge is -2.05. The normalized spacial score (nSPS) is 9.50. The molecule has 0 bridgehead atoms. The lowest BCUT2D eigenvalue weighted by Crippen LogP contribution is -2.38. The Balaban J connectivity index is 3.03. The summed E-state index contributed by atoms with van der Waals surface area (Å²) in [5.41, 5.74) is 5.07. The molecular weight excluding hydrogens is 180 g/mol. The van der Waals surface area contributed by atoms with Crippen LogP contribution in [-0.4, -0.2) is 18.7 Å². The number of hydrazine groups is 1. The summed E-state index contributed by atoms with van der Waals surface area (Å²) in [7, 11) is 0. The van der Waals surface area contributed by atoms with E-state index in [2.05, 4.69) is 22.5 Å². The minimum atomic E-state index is -0.540. The van der Waals surface area contributed by atoms with E-state index in [4.69, 9.17) is 11.6 Å². The molecule has 0 spiro atoms. The van der Waals surface area contributed by atoms with Crippen molar-refractivity contribution >= 4 is 17.7 Å². The third kappa shape index (κ3) is 7.63. The zero-order chi connectivity index (χ0) is 9.23. The number of carbonyl (C=O) groups excluding carboxylic acids is 1. The molecule has 0 aliphatic carbocycles. The standard InChI is InChI=1S/C7H15ClN2O2/c1-2-3-4-5-9-10-7(11)12-6-8/h9H,2-6H2,1H3,(H,10,11). The molecule has 1 amide bonds. The maximum atomic E-state index is 10.6. The highest BCUT2D eigenvalue weighted by Gasteiger charge is 1.96. The Morgan fingerprint density at radius 3 is 2.83 bits per heavy atom. The van der Waals surface area contributed by atoms with E-state index in [1.54, 1.807) is 0 Å². The second-order valence-corrected chi connectivity index (χ2v) is 2.52. The highest BCUT2D eigenvalue weighted by atomic mass is 35.5. The molecule has 0 rings (SSSR count). The van der Waals surface area contributed by atoms with Crippen molar-refractivity contribution in [2.45, 2.75) is 26.2 Å². The van der Waals surface area contributed by atoms with Crippen LogP contribution in [-0.2, 0) is 4.74 Å². The number of ether oxygens (including phenoxy) is 1. The molecule has 0 atom stereocenters. The summed E-state index contributed by atoms with van der Waals surface area (Å²) in [4.78, 5) is 10.6. The van der Waals surface area contributed by atoms with Crippen LogP contribution < -0.4 is 10.9 Å². The second-order valence-electron chi connectivity index (χ2n) is 2.30. The summed E-state index contributed by atoms with van der Waals surface area (Å²) in [5.74, 6) is 0. The Hall–Kier alpha value is -0.480. The van der Waals surface area contributed by atoms with Gasteiger partial charge in [0.1, 0.15) is 0 Å². The number of unbranched alkanes of at least 4 members (excludes halogenated alkanes) is 2. The number of hydrogen-bond acceptors (Lipinski definition) is 3. The summed E-state index contributed by atoms with van der Waals surface area (Å²) < 4.78 is 4.40. The smallest absolute Gasteiger partial charge is 0.422 e. The molecule has 0 aromatic heterocycles. The van der Waals surface area contributed by atoms with E-state index >= 15 is 0 Å². The Labute approximate surface area is 77.6 Å². The van der Waals surface area contributed by atoms with Gasteiger partial charge in [-0.1, -0.05) is 31.4 Å². The number of nitrogens with one attached hydrogen (secondary N) is 2. The van der Waals surface area contributed by atoms with E-state index in [1.807, 2.05) is 0 Å². The largest absolute Gasteiger partial charge is 0.432 e. The number of alkyl halides is 1. The van der Waals surface area contributed by atoms with Crippen LogP contribution in [0.2, 0.25) is 0 Å². The summed E-state index contributed by atoms with van der Waals surface area (Å²) in [5, 5.41) is 0. The lowest BCUT2D eigenvalue weighted by molar-refractivity contribution is 0.159. The minimum Gasteiger partial charge on any atom is -0.432 e. The van der Waals surface area contributed by atoms with Crippen LogP contribution in [0.5, 0.6) is 0 Å². The predicted molar refractivity (Wildman–Crippen MR) is 47.9 cm³/mol. The molecule has 0 aromatic rings. The number of carbonyl (C=O) groups is 1. The molecule has 0 saturated heterocycles. The third-order valence-corrected chi connectivity index (χ3v) is 1.39. The van der Waals surface area contributed by atoms with Crippen LogP contribution >= 0.6 is 11.6 Å². The zero-order valence-electron chi connectivity index (χ0n) is 7.23. The second kappa shape index (κ2) is 8.62. The van der Waals surface area contributed by atoms with Gasteiger partial charge in [0, 0.05) is 6.54 Å². The van der Waals surface area contributed by atoms with Crippen LogP contribution in [0.1, 0.15) is 26.2 Å². The van der Waals surface area contributed by atoms with Crippen molar-refractivity contribution in [1.29, 1.82) is 0 Å². The monoisotopic (exact) mass is 194 g/mol. The van der Waals surface area contributed by atoms with E-state index in [0.29, 0.717) is 0 Å².